The summed E-state index contributed by atoms with van der Waals surface area (Å²) in [6.45, 7) is 11.5. The van der Waals surface area contributed by atoms with Crippen molar-refractivity contribution in [2.75, 3.05) is 0 Å². The molecule has 0 fully saturated rings. The Morgan fingerprint density at radius 2 is 1.38 bits per heavy atom. The summed E-state index contributed by atoms with van der Waals surface area (Å²) in [5, 5.41) is 10.5. The molecule has 1 N–H and O–H groups in total. The molecular weight excluding hydrogens is 292 g/mol. The van der Waals surface area contributed by atoms with Crippen LogP contribution in [0.3, 0.4) is 0 Å². The molecule has 138 valence electrons. The molecule has 24 heavy (non-hydrogen) atoms. The minimum atomic E-state index is 0.123. The highest BCUT2D eigenvalue weighted by Gasteiger charge is 2.35. The first kappa shape index (κ1) is 21.1. The lowest BCUT2D eigenvalue weighted by molar-refractivity contribution is 0.247. The van der Waals surface area contributed by atoms with E-state index in [4.69, 9.17) is 0 Å². The Balaban J connectivity index is 2.93. The second-order valence-corrected chi connectivity index (χ2v) is 8.51. The van der Waals surface area contributed by atoms with Gasteiger partial charge in [-0.25, -0.2) is 0 Å². The molecule has 1 aromatic rings. The molecule has 1 rings (SSSR count). The van der Waals surface area contributed by atoms with Crippen LogP contribution in [-0.2, 0) is 5.41 Å². The third kappa shape index (κ3) is 6.87. The number of phenolic OH excluding ortho intramolecular Hbond substituents is 1. The molecule has 0 amide bonds. The van der Waals surface area contributed by atoms with E-state index in [9.17, 15) is 5.11 Å². The molecule has 0 aliphatic rings. The minimum Gasteiger partial charge on any atom is -0.508 e. The van der Waals surface area contributed by atoms with E-state index in [1.54, 1.807) is 0 Å². The number of hydrogen-bond acceptors (Lipinski definition) is 1. The quantitative estimate of drug-likeness (QED) is 0.393. The molecule has 0 unspecified atom stereocenters. The van der Waals surface area contributed by atoms with Crippen molar-refractivity contribution in [3.8, 4) is 5.75 Å². The highest BCUT2D eigenvalue weighted by Crippen LogP contribution is 2.45. The molecule has 0 radical (unpaired) electrons. The van der Waals surface area contributed by atoms with E-state index >= 15 is 0 Å². The summed E-state index contributed by atoms with van der Waals surface area (Å²) in [7, 11) is 0. The van der Waals surface area contributed by atoms with E-state index in [1.165, 1.54) is 50.5 Å². The lowest BCUT2D eigenvalue weighted by Gasteiger charge is -2.38. The Morgan fingerprint density at radius 3 is 1.92 bits per heavy atom. The van der Waals surface area contributed by atoms with Crippen LogP contribution < -0.4 is 0 Å². The van der Waals surface area contributed by atoms with Crippen molar-refractivity contribution in [3.63, 3.8) is 0 Å². The van der Waals surface area contributed by atoms with Gasteiger partial charge in [0.15, 0.2) is 0 Å². The third-order valence-electron chi connectivity index (χ3n) is 5.08. The Hall–Kier alpha value is -0.980. The first-order valence-electron chi connectivity index (χ1n) is 10.2. The molecule has 1 heteroatoms. The second-order valence-electron chi connectivity index (χ2n) is 8.51. The van der Waals surface area contributed by atoms with Gasteiger partial charge in [-0.2, -0.15) is 0 Å². The van der Waals surface area contributed by atoms with Gasteiger partial charge in [-0.3, -0.25) is 0 Å². The van der Waals surface area contributed by atoms with Crippen LogP contribution in [0, 0.1) is 11.8 Å². The van der Waals surface area contributed by atoms with Gasteiger partial charge in [0.05, 0.1) is 0 Å². The number of para-hydroxylation sites is 1. The van der Waals surface area contributed by atoms with Gasteiger partial charge in [0.2, 0.25) is 0 Å². The molecule has 1 nitrogen and oxygen atoms in total. The van der Waals surface area contributed by atoms with Crippen LogP contribution in [0.25, 0.3) is 0 Å². The van der Waals surface area contributed by atoms with E-state index in [-0.39, 0.29) is 5.41 Å². The van der Waals surface area contributed by atoms with Crippen LogP contribution in [0.2, 0.25) is 0 Å². The second kappa shape index (κ2) is 10.8. The highest BCUT2D eigenvalue weighted by molar-refractivity contribution is 5.38. The number of hydrogen-bond donors (Lipinski definition) is 1. The average molecular weight is 333 g/mol. The van der Waals surface area contributed by atoms with Gasteiger partial charge in [-0.05, 0) is 42.6 Å². The van der Waals surface area contributed by atoms with E-state index in [0.29, 0.717) is 17.6 Å². The molecule has 0 saturated carbocycles. The van der Waals surface area contributed by atoms with Gasteiger partial charge < -0.3 is 5.11 Å². The zero-order valence-corrected chi connectivity index (χ0v) is 16.8. The molecule has 1 aromatic carbocycles. The Bertz CT molecular complexity index is 437. The summed E-state index contributed by atoms with van der Waals surface area (Å²) < 4.78 is 0. The first-order chi connectivity index (χ1) is 11.4. The molecule has 0 aliphatic heterocycles. The fourth-order valence-electron chi connectivity index (χ4n) is 4.37. The summed E-state index contributed by atoms with van der Waals surface area (Å²) >= 11 is 0. The molecular formula is C23H40O. The van der Waals surface area contributed by atoms with Gasteiger partial charge in [0.1, 0.15) is 5.75 Å². The predicted octanol–water partition coefficient (Wildman–Crippen LogP) is 7.47. The molecule has 0 saturated heterocycles. The van der Waals surface area contributed by atoms with Gasteiger partial charge in [0, 0.05) is 5.56 Å². The predicted molar refractivity (Wildman–Crippen MR) is 107 cm³/mol. The smallest absolute Gasteiger partial charge is 0.119 e. The summed E-state index contributed by atoms with van der Waals surface area (Å²) in [6.07, 6.45) is 11.5. The number of benzene rings is 1. The van der Waals surface area contributed by atoms with Crippen LogP contribution in [0.4, 0.5) is 0 Å². The Morgan fingerprint density at radius 1 is 0.833 bits per heavy atom. The first-order valence-corrected chi connectivity index (χ1v) is 10.2. The lowest BCUT2D eigenvalue weighted by Crippen LogP contribution is -2.30. The monoisotopic (exact) mass is 332 g/mol. The summed E-state index contributed by atoms with van der Waals surface area (Å²) in [4.78, 5) is 0. The topological polar surface area (TPSA) is 20.2 Å². The van der Waals surface area contributed by atoms with Crippen molar-refractivity contribution < 1.29 is 5.11 Å². The molecule has 0 heterocycles. The van der Waals surface area contributed by atoms with Crippen molar-refractivity contribution >= 4 is 0 Å². The molecule has 0 aliphatic carbocycles. The summed E-state index contributed by atoms with van der Waals surface area (Å²) in [6, 6.07) is 8.06. The summed E-state index contributed by atoms with van der Waals surface area (Å²) in [5.41, 5.74) is 1.30. The normalized spacial score (nSPS) is 12.3. The Kier molecular flexibility index (Phi) is 9.48. The maximum absolute atomic E-state index is 10.5. The maximum atomic E-state index is 10.5. The maximum Gasteiger partial charge on any atom is 0.119 e. The van der Waals surface area contributed by atoms with Gasteiger partial charge >= 0.3 is 0 Å². The fourth-order valence-corrected chi connectivity index (χ4v) is 4.37. The molecule has 0 spiro atoms. The van der Waals surface area contributed by atoms with Crippen molar-refractivity contribution in [2.24, 2.45) is 11.8 Å². The van der Waals surface area contributed by atoms with E-state index in [2.05, 4.69) is 46.8 Å². The van der Waals surface area contributed by atoms with Crippen molar-refractivity contribution in [1.82, 2.24) is 0 Å². The van der Waals surface area contributed by atoms with Crippen LogP contribution >= 0.6 is 0 Å². The zero-order chi connectivity index (χ0) is 18.0. The number of rotatable bonds is 12. The van der Waals surface area contributed by atoms with Gasteiger partial charge in [0.25, 0.3) is 0 Å². The largest absolute Gasteiger partial charge is 0.508 e. The third-order valence-corrected chi connectivity index (χ3v) is 5.08. The number of aromatic hydroxyl groups is 1. The standard InChI is InChI=1S/C23H40O/c1-6-7-8-9-10-13-16-23(17-19(2)3,18-20(4)5)21-14-11-12-15-22(21)24/h11-12,14-15,19-20,24H,6-10,13,16-18H2,1-5H3. The van der Waals surface area contributed by atoms with Gasteiger partial charge in [-0.1, -0.05) is 91.3 Å². The van der Waals surface area contributed by atoms with Crippen LogP contribution in [0.1, 0.15) is 98.0 Å². The molecule has 0 atom stereocenters. The fraction of sp³-hybridized carbons (Fsp3) is 0.739. The number of unbranched alkanes of at least 4 members (excludes halogenated alkanes) is 5. The molecule has 0 aromatic heterocycles. The van der Waals surface area contributed by atoms with E-state index < -0.39 is 0 Å². The van der Waals surface area contributed by atoms with Crippen LogP contribution in [0.5, 0.6) is 5.75 Å². The highest BCUT2D eigenvalue weighted by atomic mass is 16.3. The average Bonchev–Trinajstić information content (AvgIpc) is 2.49. The zero-order valence-electron chi connectivity index (χ0n) is 16.8. The number of phenols is 1. The van der Waals surface area contributed by atoms with Crippen molar-refractivity contribution in [2.45, 2.75) is 97.8 Å². The van der Waals surface area contributed by atoms with Gasteiger partial charge in [-0.15, -0.1) is 0 Å². The molecule has 0 bridgehead atoms. The van der Waals surface area contributed by atoms with Crippen molar-refractivity contribution in [3.05, 3.63) is 29.8 Å². The SMILES string of the molecule is CCCCCCCCC(CC(C)C)(CC(C)C)c1ccccc1O. The van der Waals surface area contributed by atoms with E-state index in [0.717, 1.165) is 12.8 Å². The van der Waals surface area contributed by atoms with E-state index in [1.807, 2.05) is 12.1 Å². The lowest BCUT2D eigenvalue weighted by atomic mass is 9.66. The minimum absolute atomic E-state index is 0.123. The van der Waals surface area contributed by atoms with Crippen LogP contribution in [-0.4, -0.2) is 5.11 Å². The van der Waals surface area contributed by atoms with Crippen LogP contribution in [0.15, 0.2) is 24.3 Å². The van der Waals surface area contributed by atoms with Crippen molar-refractivity contribution in [1.29, 1.82) is 0 Å². The Labute approximate surface area is 150 Å². The summed E-state index contributed by atoms with van der Waals surface area (Å²) in [5.74, 6) is 1.77.